The van der Waals surface area contributed by atoms with E-state index in [1.54, 1.807) is 7.11 Å². The lowest BCUT2D eigenvalue weighted by molar-refractivity contribution is -0.174. The zero-order valence-corrected chi connectivity index (χ0v) is 51.2. The molecule has 7 rings (SSSR count). The Morgan fingerprint density at radius 2 is 1.00 bits per heavy atom. The van der Waals surface area contributed by atoms with Gasteiger partial charge in [0.2, 0.25) is 0 Å². The van der Waals surface area contributed by atoms with Gasteiger partial charge in [-0.25, -0.2) is 0 Å². The summed E-state index contributed by atoms with van der Waals surface area (Å²) < 4.78 is 48.0. The summed E-state index contributed by atoms with van der Waals surface area (Å²) >= 11 is 0. The summed E-state index contributed by atoms with van der Waals surface area (Å²) in [4.78, 5) is 15.5. The van der Waals surface area contributed by atoms with Crippen LogP contribution in [-0.4, -0.2) is 90.8 Å². The van der Waals surface area contributed by atoms with Crippen LogP contribution in [0.2, 0.25) is 10.1 Å². The first-order valence-corrected chi connectivity index (χ1v) is 32.3. The number of hydrogen-bond donors (Lipinski definition) is 1. The molecule has 6 aromatic rings. The summed E-state index contributed by atoms with van der Waals surface area (Å²) in [6, 6.07) is 62.5. The second kappa shape index (κ2) is 27.2. The van der Waals surface area contributed by atoms with E-state index in [0.29, 0.717) is 39.1 Å². The first kappa shape index (κ1) is 61.7. The van der Waals surface area contributed by atoms with Gasteiger partial charge in [-0.1, -0.05) is 251 Å². The van der Waals surface area contributed by atoms with Crippen molar-refractivity contribution in [1.29, 1.82) is 0 Å². The molecule has 11 heteroatoms. The molecule has 0 saturated carbocycles. The van der Waals surface area contributed by atoms with Crippen LogP contribution in [0.3, 0.4) is 0 Å². The topological polar surface area (TPSA) is 102 Å². The minimum absolute atomic E-state index is 0.0216. The van der Waals surface area contributed by atoms with E-state index in [-0.39, 0.29) is 41.3 Å². The number of rotatable bonds is 28. The van der Waals surface area contributed by atoms with E-state index in [0.717, 1.165) is 11.1 Å². The normalized spacial score (nSPS) is 18.8. The number of carbonyl (C=O) groups is 1. The summed E-state index contributed by atoms with van der Waals surface area (Å²) in [5, 5.41) is 17.2. The quantitative estimate of drug-likeness (QED) is 0.0380. The highest BCUT2D eigenvalue weighted by atomic mass is 28.4. The van der Waals surface area contributed by atoms with Gasteiger partial charge in [-0.3, -0.25) is 4.79 Å². The minimum Gasteiger partial charge on any atom is -0.407 e. The fraction of sp³-hybridized carbons (Fsp3) is 0.456. The van der Waals surface area contributed by atoms with Crippen LogP contribution in [0.1, 0.15) is 107 Å². The van der Waals surface area contributed by atoms with Crippen molar-refractivity contribution in [3.63, 3.8) is 0 Å². The molecule has 6 aromatic carbocycles. The Morgan fingerprint density at radius 1 is 0.595 bits per heavy atom. The van der Waals surface area contributed by atoms with Gasteiger partial charge in [-0.05, 0) is 74.1 Å². The Morgan fingerprint density at radius 3 is 1.42 bits per heavy atom. The molecular weight excluding hydrogens is 1020 g/mol. The predicted molar refractivity (Wildman–Crippen MR) is 324 cm³/mol. The zero-order valence-electron chi connectivity index (χ0n) is 49.2. The Balaban J connectivity index is 1.16. The number of aliphatic hydroxyl groups excluding tert-OH is 1. The highest BCUT2D eigenvalue weighted by molar-refractivity contribution is 7.00. The van der Waals surface area contributed by atoms with Crippen molar-refractivity contribution in [2.75, 3.05) is 27.1 Å². The van der Waals surface area contributed by atoms with Gasteiger partial charge in [0.1, 0.15) is 18.5 Å². The van der Waals surface area contributed by atoms with Gasteiger partial charge in [0, 0.05) is 31.7 Å². The number of ether oxygens (including phenoxy) is 5. The van der Waals surface area contributed by atoms with Crippen molar-refractivity contribution in [2.45, 2.75) is 155 Å². The van der Waals surface area contributed by atoms with Crippen LogP contribution >= 0.6 is 0 Å². The Kier molecular flexibility index (Phi) is 21.3. The summed E-state index contributed by atoms with van der Waals surface area (Å²) in [6.07, 6.45) is -2.45. The molecule has 424 valence electrons. The van der Waals surface area contributed by atoms with Gasteiger partial charge in [-0.15, -0.1) is 0 Å². The highest BCUT2D eigenvalue weighted by Gasteiger charge is 2.55. The van der Waals surface area contributed by atoms with Gasteiger partial charge >= 0.3 is 0 Å². The number of ketones is 1. The number of benzene rings is 6. The monoisotopic (exact) mass is 1110 g/mol. The number of carbonyl (C=O) groups excluding carboxylic acids is 1. The lowest BCUT2D eigenvalue weighted by atomic mass is 9.83. The second-order valence-electron chi connectivity index (χ2n) is 24.9. The molecule has 0 unspecified atom stereocenters. The SMILES string of the molecule is COCO[C@@H]([C@H](C)CO[Si](c1ccccc1)(c1ccccc1)C(C)(C)C)[C@H](C[C@H](C)[C@H](O)[C@@H](OCc1ccccc1)C(=O)[C@]1(C)CC[C@H](C(C)(C)CO[Si](c2ccccc2)(c2ccccc2)C(C)(C)C)O1)OCc1ccccc1. The molecule has 79 heavy (non-hydrogen) atoms. The maximum atomic E-state index is 15.5. The zero-order chi connectivity index (χ0) is 56.9. The van der Waals surface area contributed by atoms with E-state index in [2.05, 4.69) is 184 Å². The summed E-state index contributed by atoms with van der Waals surface area (Å²) in [6.45, 7) is 25.3. The van der Waals surface area contributed by atoms with Gasteiger partial charge < -0.3 is 37.6 Å². The van der Waals surface area contributed by atoms with E-state index in [1.807, 2.05) is 74.5 Å². The average molecular weight is 1110 g/mol. The molecule has 9 nitrogen and oxygen atoms in total. The molecule has 0 amide bonds. The first-order valence-electron chi connectivity index (χ1n) is 28.5. The van der Waals surface area contributed by atoms with Crippen LogP contribution in [0.25, 0.3) is 0 Å². The third-order valence-corrected chi connectivity index (χ3v) is 26.4. The minimum atomic E-state index is -2.94. The van der Waals surface area contributed by atoms with Crippen LogP contribution in [0, 0.1) is 17.3 Å². The molecule has 1 N–H and O–H groups in total. The molecule has 1 fully saturated rings. The molecule has 0 spiro atoms. The molecule has 1 saturated heterocycles. The van der Waals surface area contributed by atoms with Crippen LogP contribution < -0.4 is 20.7 Å². The fourth-order valence-corrected chi connectivity index (χ4v) is 21.3. The van der Waals surface area contributed by atoms with Gasteiger partial charge in [0.05, 0.1) is 37.6 Å². The molecule has 1 aliphatic rings. The van der Waals surface area contributed by atoms with Crippen LogP contribution in [0.15, 0.2) is 182 Å². The maximum Gasteiger partial charge on any atom is 0.261 e. The van der Waals surface area contributed by atoms with E-state index < -0.39 is 58.0 Å². The summed E-state index contributed by atoms with van der Waals surface area (Å²) in [7, 11) is -4.19. The smallest absolute Gasteiger partial charge is 0.261 e. The van der Waals surface area contributed by atoms with Gasteiger partial charge in [-0.2, -0.15) is 0 Å². The molecule has 0 radical (unpaired) electrons. The van der Waals surface area contributed by atoms with Crippen molar-refractivity contribution in [1.82, 2.24) is 0 Å². The van der Waals surface area contributed by atoms with E-state index in [9.17, 15) is 5.11 Å². The van der Waals surface area contributed by atoms with Crippen molar-refractivity contribution in [3.05, 3.63) is 193 Å². The van der Waals surface area contributed by atoms with Gasteiger partial charge in [0.25, 0.3) is 16.6 Å². The van der Waals surface area contributed by atoms with Crippen molar-refractivity contribution in [3.8, 4) is 0 Å². The van der Waals surface area contributed by atoms with E-state index in [1.165, 1.54) is 20.7 Å². The lowest BCUT2D eigenvalue weighted by Crippen LogP contribution is -2.67. The number of hydrogen-bond acceptors (Lipinski definition) is 9. The van der Waals surface area contributed by atoms with E-state index >= 15 is 4.79 Å². The number of Topliss-reactive ketones (excluding diaryl/α,β-unsaturated/α-hetero) is 1. The predicted octanol–water partition coefficient (Wildman–Crippen LogP) is 11.9. The Labute approximate surface area is 475 Å². The maximum absolute atomic E-state index is 15.5. The van der Waals surface area contributed by atoms with Crippen molar-refractivity contribution < 1.29 is 42.4 Å². The van der Waals surface area contributed by atoms with Crippen LogP contribution in [-0.2, 0) is 50.5 Å². The lowest BCUT2D eigenvalue weighted by Gasteiger charge is -2.45. The Bertz CT molecular complexity index is 2660. The molecule has 1 heterocycles. The largest absolute Gasteiger partial charge is 0.407 e. The average Bonchev–Trinajstić information content (AvgIpc) is 3.90. The summed E-state index contributed by atoms with van der Waals surface area (Å²) in [5.74, 6) is -1.00. The highest BCUT2D eigenvalue weighted by Crippen LogP contribution is 2.44. The van der Waals surface area contributed by atoms with Crippen LogP contribution in [0.5, 0.6) is 0 Å². The first-order chi connectivity index (χ1) is 37.7. The second-order valence-corrected chi connectivity index (χ2v) is 33.5. The summed E-state index contributed by atoms with van der Waals surface area (Å²) in [5.41, 5.74) is 0.156. The molecule has 1 aliphatic heterocycles. The molecule has 0 aliphatic carbocycles. The third kappa shape index (κ3) is 14.6. The standard InChI is InChI=1S/C68H90O9Si2/c1-51(45-59(72-47-53-31-19-13-20-32-53)62(74-50-71-12)52(2)46-75-78(65(3,4)5,55-35-23-15-24-36-55)56-37-25-16-26-38-56)61(69)63(73-48-54-33-21-14-22-34-54)64(70)68(11)44-43-60(77-68)67(9,10)49-76-79(66(6,7)8,57-39-27-17-28-40-57)58-41-29-18-30-42-58/h13-42,51-52,59-63,69H,43-50H2,1-12H3/t51-,52+,59-,60+,61-,62-,63+,68-/m0/s1. The van der Waals surface area contributed by atoms with Crippen LogP contribution in [0.4, 0.5) is 0 Å². The molecule has 0 bridgehead atoms. The van der Waals surface area contributed by atoms with Crippen molar-refractivity contribution in [2.24, 2.45) is 17.3 Å². The Hall–Kier alpha value is -4.90. The molecule has 0 aromatic heterocycles. The number of aliphatic hydroxyl groups is 1. The van der Waals surface area contributed by atoms with Gasteiger partial charge in [0.15, 0.2) is 5.78 Å². The number of methoxy groups -OCH3 is 1. The molecular formula is C68H90O9Si2. The fourth-order valence-electron chi connectivity index (χ4n) is 11.9. The third-order valence-electron chi connectivity index (χ3n) is 16.4. The molecule has 8 atom stereocenters. The van der Waals surface area contributed by atoms with Crippen molar-refractivity contribution >= 4 is 43.2 Å². The van der Waals surface area contributed by atoms with E-state index in [4.69, 9.17) is 32.5 Å².